The van der Waals surface area contributed by atoms with E-state index in [9.17, 15) is 4.79 Å². The molecule has 0 atom stereocenters. The fourth-order valence-corrected chi connectivity index (χ4v) is 1.65. The zero-order chi connectivity index (χ0) is 13.7. The molecule has 4 heteroatoms. The molecule has 0 bridgehead atoms. The van der Waals surface area contributed by atoms with Gasteiger partial charge in [-0.15, -0.1) is 6.58 Å². The van der Waals surface area contributed by atoms with Gasteiger partial charge in [-0.1, -0.05) is 12.1 Å². The number of aldehydes is 1. The minimum absolute atomic E-state index is 0.220. The van der Waals surface area contributed by atoms with Crippen LogP contribution in [-0.4, -0.2) is 13.4 Å². The number of benzene rings is 1. The smallest absolute Gasteiger partial charge is 0.290 e. The van der Waals surface area contributed by atoms with E-state index in [1.54, 1.807) is 25.3 Å². The Morgan fingerprint density at radius 1 is 1.26 bits per heavy atom. The van der Waals surface area contributed by atoms with Crippen LogP contribution in [0.1, 0.15) is 16.1 Å². The van der Waals surface area contributed by atoms with Crippen molar-refractivity contribution in [2.24, 2.45) is 0 Å². The predicted molar refractivity (Wildman–Crippen MR) is 71.1 cm³/mol. The molecule has 0 radical (unpaired) electrons. The molecule has 0 aliphatic rings. The summed E-state index contributed by atoms with van der Waals surface area (Å²) in [6.07, 6.45) is 3.20. The molecule has 0 saturated carbocycles. The van der Waals surface area contributed by atoms with E-state index in [1.165, 1.54) is 0 Å². The van der Waals surface area contributed by atoms with Crippen molar-refractivity contribution < 1.29 is 18.7 Å². The number of methoxy groups -OCH3 is 1. The SMILES string of the molecule is C=CCc1ccc(Oc2ccc(C=O)o2)c(OC)c1. The van der Waals surface area contributed by atoms with E-state index in [2.05, 4.69) is 6.58 Å². The Hall–Kier alpha value is -2.49. The van der Waals surface area contributed by atoms with Gasteiger partial charge in [-0.2, -0.15) is 0 Å². The normalized spacial score (nSPS) is 9.95. The van der Waals surface area contributed by atoms with Gasteiger partial charge in [-0.3, -0.25) is 4.79 Å². The topological polar surface area (TPSA) is 48.7 Å². The summed E-state index contributed by atoms with van der Waals surface area (Å²) in [4.78, 5) is 10.5. The average Bonchev–Trinajstić information content (AvgIpc) is 2.88. The fraction of sp³-hybridized carbons (Fsp3) is 0.133. The molecule has 0 N–H and O–H groups in total. The second-order valence-electron chi connectivity index (χ2n) is 3.85. The van der Waals surface area contributed by atoms with E-state index in [1.807, 2.05) is 18.2 Å². The molecule has 0 spiro atoms. The van der Waals surface area contributed by atoms with Crippen molar-refractivity contribution in [1.82, 2.24) is 0 Å². The van der Waals surface area contributed by atoms with Crippen molar-refractivity contribution in [3.63, 3.8) is 0 Å². The van der Waals surface area contributed by atoms with Crippen LogP contribution >= 0.6 is 0 Å². The van der Waals surface area contributed by atoms with Crippen LogP contribution in [0.25, 0.3) is 0 Å². The molecule has 1 aromatic carbocycles. The number of hydrogen-bond acceptors (Lipinski definition) is 4. The van der Waals surface area contributed by atoms with Gasteiger partial charge in [0.25, 0.3) is 5.95 Å². The lowest BCUT2D eigenvalue weighted by Gasteiger charge is -2.09. The third-order valence-corrected chi connectivity index (χ3v) is 2.54. The zero-order valence-corrected chi connectivity index (χ0v) is 10.6. The maximum atomic E-state index is 10.5. The first-order valence-electron chi connectivity index (χ1n) is 5.77. The molecule has 1 heterocycles. The van der Waals surface area contributed by atoms with Gasteiger partial charge in [0, 0.05) is 6.07 Å². The number of furan rings is 1. The monoisotopic (exact) mass is 258 g/mol. The summed E-state index contributed by atoms with van der Waals surface area (Å²) >= 11 is 0. The van der Waals surface area contributed by atoms with Gasteiger partial charge >= 0.3 is 0 Å². The van der Waals surface area contributed by atoms with Crippen LogP contribution in [0.15, 0.2) is 47.4 Å². The van der Waals surface area contributed by atoms with Gasteiger partial charge in [0.1, 0.15) is 0 Å². The predicted octanol–water partition coefficient (Wildman–Crippen LogP) is 3.62. The standard InChI is InChI=1S/C15H14O4/c1-3-4-11-5-7-13(14(9-11)17-2)19-15-8-6-12(10-16)18-15/h3,5-10H,1,4H2,2H3. The van der Waals surface area contributed by atoms with Crippen LogP contribution in [0.3, 0.4) is 0 Å². The second kappa shape index (κ2) is 5.91. The van der Waals surface area contributed by atoms with Gasteiger partial charge < -0.3 is 13.9 Å². The van der Waals surface area contributed by atoms with Crippen molar-refractivity contribution in [3.05, 3.63) is 54.3 Å². The lowest BCUT2D eigenvalue weighted by atomic mass is 10.1. The molecule has 19 heavy (non-hydrogen) atoms. The Balaban J connectivity index is 2.23. The highest BCUT2D eigenvalue weighted by atomic mass is 16.6. The van der Waals surface area contributed by atoms with Crippen LogP contribution in [0.2, 0.25) is 0 Å². The van der Waals surface area contributed by atoms with Gasteiger partial charge in [0.05, 0.1) is 7.11 Å². The summed E-state index contributed by atoms with van der Waals surface area (Å²) in [7, 11) is 1.57. The van der Waals surface area contributed by atoms with Gasteiger partial charge in [-0.05, 0) is 30.2 Å². The quantitative estimate of drug-likeness (QED) is 0.586. The molecule has 2 rings (SSSR count). The number of rotatable bonds is 6. The minimum Gasteiger partial charge on any atom is -0.493 e. The van der Waals surface area contributed by atoms with Crippen molar-refractivity contribution in [3.8, 4) is 17.4 Å². The van der Waals surface area contributed by atoms with Crippen molar-refractivity contribution in [1.29, 1.82) is 0 Å². The lowest BCUT2D eigenvalue weighted by molar-refractivity contribution is 0.109. The molecule has 0 unspecified atom stereocenters. The summed E-state index contributed by atoms with van der Waals surface area (Å²) < 4.78 is 16.0. The summed E-state index contributed by atoms with van der Waals surface area (Å²) in [6, 6.07) is 8.71. The van der Waals surface area contributed by atoms with Gasteiger partial charge in [0.15, 0.2) is 23.5 Å². The van der Waals surface area contributed by atoms with E-state index in [-0.39, 0.29) is 11.7 Å². The van der Waals surface area contributed by atoms with E-state index in [4.69, 9.17) is 13.9 Å². The van der Waals surface area contributed by atoms with Crippen molar-refractivity contribution in [2.75, 3.05) is 7.11 Å². The molecule has 0 amide bonds. The molecule has 1 aromatic heterocycles. The highest BCUT2D eigenvalue weighted by Gasteiger charge is 2.09. The van der Waals surface area contributed by atoms with Crippen LogP contribution in [0.5, 0.6) is 17.4 Å². The lowest BCUT2D eigenvalue weighted by Crippen LogP contribution is -1.91. The van der Waals surface area contributed by atoms with Gasteiger partial charge in [0.2, 0.25) is 0 Å². The van der Waals surface area contributed by atoms with Crippen molar-refractivity contribution >= 4 is 6.29 Å². The largest absolute Gasteiger partial charge is 0.493 e. The zero-order valence-electron chi connectivity index (χ0n) is 10.6. The summed E-state index contributed by atoms with van der Waals surface area (Å²) in [6.45, 7) is 3.69. The number of ether oxygens (including phenoxy) is 2. The average molecular weight is 258 g/mol. The number of allylic oxidation sites excluding steroid dienone is 1. The maximum Gasteiger partial charge on any atom is 0.290 e. The molecular weight excluding hydrogens is 244 g/mol. The Bertz CT molecular complexity index is 584. The molecule has 0 saturated heterocycles. The van der Waals surface area contributed by atoms with Crippen LogP contribution in [0, 0.1) is 0 Å². The Morgan fingerprint density at radius 2 is 2.11 bits per heavy atom. The molecule has 4 nitrogen and oxygen atoms in total. The number of carbonyl (C=O) groups excluding carboxylic acids is 1. The van der Waals surface area contributed by atoms with Crippen LogP contribution in [-0.2, 0) is 6.42 Å². The van der Waals surface area contributed by atoms with E-state index < -0.39 is 0 Å². The van der Waals surface area contributed by atoms with Crippen LogP contribution in [0.4, 0.5) is 0 Å². The fourth-order valence-electron chi connectivity index (χ4n) is 1.65. The minimum atomic E-state index is 0.220. The first-order chi connectivity index (χ1) is 9.26. The molecule has 0 fully saturated rings. The first-order valence-corrected chi connectivity index (χ1v) is 5.77. The second-order valence-corrected chi connectivity index (χ2v) is 3.85. The summed E-state index contributed by atoms with van der Waals surface area (Å²) in [5.74, 6) is 1.60. The third-order valence-electron chi connectivity index (χ3n) is 2.54. The Labute approximate surface area is 111 Å². The Kier molecular flexibility index (Phi) is 4.03. The molecule has 0 aliphatic heterocycles. The van der Waals surface area contributed by atoms with Crippen LogP contribution < -0.4 is 9.47 Å². The molecular formula is C15H14O4. The third kappa shape index (κ3) is 3.04. The summed E-state index contributed by atoms with van der Waals surface area (Å²) in [5, 5.41) is 0. The molecule has 98 valence electrons. The van der Waals surface area contributed by atoms with E-state index in [0.29, 0.717) is 17.8 Å². The molecule has 0 aliphatic carbocycles. The highest BCUT2D eigenvalue weighted by molar-refractivity contribution is 5.70. The summed E-state index contributed by atoms with van der Waals surface area (Å²) in [5.41, 5.74) is 1.08. The number of carbonyl (C=O) groups is 1. The van der Waals surface area contributed by atoms with E-state index >= 15 is 0 Å². The van der Waals surface area contributed by atoms with E-state index in [0.717, 1.165) is 12.0 Å². The highest BCUT2D eigenvalue weighted by Crippen LogP contribution is 2.33. The molecule has 2 aromatic rings. The first kappa shape index (κ1) is 13.0. The maximum absolute atomic E-state index is 10.5. The van der Waals surface area contributed by atoms with Crippen molar-refractivity contribution in [2.45, 2.75) is 6.42 Å². The number of hydrogen-bond donors (Lipinski definition) is 0. The Morgan fingerprint density at radius 3 is 2.74 bits per heavy atom. The van der Waals surface area contributed by atoms with Gasteiger partial charge in [-0.25, -0.2) is 0 Å².